The molecule has 0 spiro atoms. The van der Waals surface area contributed by atoms with Gasteiger partial charge in [-0.25, -0.2) is 4.79 Å². The fourth-order valence-corrected chi connectivity index (χ4v) is 4.17. The van der Waals surface area contributed by atoms with Crippen molar-refractivity contribution in [3.63, 3.8) is 0 Å². The highest BCUT2D eigenvalue weighted by Crippen LogP contribution is 2.35. The lowest BCUT2D eigenvalue weighted by Crippen LogP contribution is -2.54. The smallest absolute Gasteiger partial charge is 0.408 e. The van der Waals surface area contributed by atoms with Gasteiger partial charge in [-0.15, -0.1) is 11.8 Å². The Kier molecular flexibility index (Phi) is 7.95. The van der Waals surface area contributed by atoms with Gasteiger partial charge in [-0.1, -0.05) is 19.8 Å². The molecule has 26 heavy (non-hydrogen) atoms. The van der Waals surface area contributed by atoms with E-state index in [4.69, 9.17) is 9.73 Å². The number of nitrogens with zero attached hydrogens (tertiary/aromatic N) is 2. The van der Waals surface area contributed by atoms with E-state index in [0.29, 0.717) is 6.04 Å². The van der Waals surface area contributed by atoms with Gasteiger partial charge in [0.1, 0.15) is 18.1 Å². The summed E-state index contributed by atoms with van der Waals surface area (Å²) in [6, 6.07) is 0.388. The normalized spacial score (nSPS) is 21.4. The van der Waals surface area contributed by atoms with E-state index < -0.39 is 11.7 Å². The van der Waals surface area contributed by atoms with Crippen molar-refractivity contribution in [2.75, 3.05) is 5.75 Å². The Balaban J connectivity index is 2.03. The number of aldehydes is 1. The summed E-state index contributed by atoms with van der Waals surface area (Å²) in [6.45, 7) is 7.70. The van der Waals surface area contributed by atoms with Gasteiger partial charge in [0.2, 0.25) is 0 Å². The zero-order chi connectivity index (χ0) is 19.2. The quantitative estimate of drug-likeness (QED) is 0.351. The standard InChI is InChI=1S/C19H33N3O3S/c1-5-6-7-8-17-20-16(13-26-17)22(14-9-10-14)15(11-12-23)21-18(24)25-19(2,3)4/h12,14-16H,5-11,13H2,1-4H3,(H,21,24)/t15-,16?/m0/s1. The summed E-state index contributed by atoms with van der Waals surface area (Å²) >= 11 is 1.81. The first-order valence-corrected chi connectivity index (χ1v) is 10.7. The van der Waals surface area contributed by atoms with Crippen LogP contribution in [-0.4, -0.2) is 52.1 Å². The van der Waals surface area contributed by atoms with Crippen LogP contribution in [0.4, 0.5) is 4.79 Å². The molecule has 1 aliphatic carbocycles. The SMILES string of the molecule is CCCCCC1=NC(N(C2CC2)[C@@H](CC=O)NC(=O)OC(C)(C)C)CS1. The van der Waals surface area contributed by atoms with E-state index in [1.165, 1.54) is 24.3 Å². The van der Waals surface area contributed by atoms with Crippen molar-refractivity contribution in [3.05, 3.63) is 0 Å². The van der Waals surface area contributed by atoms with Crippen LogP contribution in [0.5, 0.6) is 0 Å². The van der Waals surface area contributed by atoms with Gasteiger partial charge in [-0.05, 0) is 46.5 Å². The van der Waals surface area contributed by atoms with Crippen LogP contribution in [0.3, 0.4) is 0 Å². The van der Waals surface area contributed by atoms with Crippen LogP contribution < -0.4 is 5.32 Å². The molecule has 2 atom stereocenters. The molecule has 0 aromatic carbocycles. The van der Waals surface area contributed by atoms with E-state index in [-0.39, 0.29) is 18.8 Å². The Bertz CT molecular complexity index is 515. The second-order valence-electron chi connectivity index (χ2n) is 8.01. The molecular formula is C19H33N3O3S. The summed E-state index contributed by atoms with van der Waals surface area (Å²) in [5.74, 6) is 0.892. The molecule has 0 bridgehead atoms. The van der Waals surface area contributed by atoms with Crippen molar-refractivity contribution in [1.82, 2.24) is 10.2 Å². The van der Waals surface area contributed by atoms with Crippen molar-refractivity contribution < 1.29 is 14.3 Å². The molecule has 0 aromatic heterocycles. The van der Waals surface area contributed by atoms with E-state index in [1.54, 1.807) is 0 Å². The molecule has 1 fully saturated rings. The van der Waals surface area contributed by atoms with E-state index in [1.807, 2.05) is 32.5 Å². The number of hydrogen-bond acceptors (Lipinski definition) is 6. The zero-order valence-corrected chi connectivity index (χ0v) is 17.3. The fraction of sp³-hybridized carbons (Fsp3) is 0.842. The highest BCUT2D eigenvalue weighted by atomic mass is 32.2. The number of rotatable bonds is 10. The Morgan fingerprint density at radius 3 is 2.73 bits per heavy atom. The van der Waals surface area contributed by atoms with Gasteiger partial charge in [0.25, 0.3) is 0 Å². The number of carbonyl (C=O) groups excluding carboxylic acids is 2. The lowest BCUT2D eigenvalue weighted by Gasteiger charge is -2.34. The molecule has 1 aliphatic heterocycles. The molecule has 1 heterocycles. The Morgan fingerprint density at radius 2 is 2.15 bits per heavy atom. The molecule has 1 amide bonds. The average molecular weight is 384 g/mol. The monoisotopic (exact) mass is 383 g/mol. The molecular weight excluding hydrogens is 350 g/mol. The van der Waals surface area contributed by atoms with Gasteiger partial charge >= 0.3 is 6.09 Å². The highest BCUT2D eigenvalue weighted by Gasteiger charge is 2.41. The van der Waals surface area contributed by atoms with Crippen LogP contribution in [0.25, 0.3) is 0 Å². The summed E-state index contributed by atoms with van der Waals surface area (Å²) in [4.78, 5) is 30.6. The van der Waals surface area contributed by atoms with E-state index >= 15 is 0 Å². The van der Waals surface area contributed by atoms with Crippen LogP contribution >= 0.6 is 11.8 Å². The summed E-state index contributed by atoms with van der Waals surface area (Å²) in [5, 5.41) is 4.10. The Morgan fingerprint density at radius 1 is 1.42 bits per heavy atom. The first kappa shape index (κ1) is 21.2. The van der Waals surface area contributed by atoms with Gasteiger partial charge in [-0.3, -0.25) is 9.89 Å². The van der Waals surface area contributed by atoms with Gasteiger partial charge in [-0.2, -0.15) is 0 Å². The number of alkyl carbamates (subject to hydrolysis) is 1. The van der Waals surface area contributed by atoms with Gasteiger partial charge in [0.05, 0.1) is 11.2 Å². The van der Waals surface area contributed by atoms with Crippen molar-refractivity contribution in [2.45, 2.75) is 96.6 Å². The summed E-state index contributed by atoms with van der Waals surface area (Å²) in [5.41, 5.74) is -0.561. The largest absolute Gasteiger partial charge is 0.444 e. The minimum absolute atomic E-state index is 0.0315. The minimum Gasteiger partial charge on any atom is -0.444 e. The number of amides is 1. The molecule has 6 nitrogen and oxygen atoms in total. The number of unbranched alkanes of at least 4 members (excludes halogenated alkanes) is 2. The van der Waals surface area contributed by atoms with Crippen LogP contribution in [0.2, 0.25) is 0 Å². The van der Waals surface area contributed by atoms with Crippen LogP contribution in [0.15, 0.2) is 4.99 Å². The van der Waals surface area contributed by atoms with E-state index in [0.717, 1.165) is 31.3 Å². The molecule has 2 aliphatic rings. The number of hydrogen-bond donors (Lipinski definition) is 1. The molecule has 0 aromatic rings. The Hall–Kier alpha value is -1.08. The van der Waals surface area contributed by atoms with Crippen LogP contribution in [0.1, 0.15) is 72.6 Å². The second-order valence-corrected chi connectivity index (χ2v) is 9.11. The van der Waals surface area contributed by atoms with E-state index in [2.05, 4.69) is 17.1 Å². The topological polar surface area (TPSA) is 71.0 Å². The molecule has 1 N–H and O–H groups in total. The molecule has 1 saturated carbocycles. The maximum Gasteiger partial charge on any atom is 0.408 e. The predicted octanol–water partition coefficient (Wildman–Crippen LogP) is 3.94. The molecule has 1 unspecified atom stereocenters. The van der Waals surface area contributed by atoms with E-state index in [9.17, 15) is 9.59 Å². The number of aliphatic imine (C=N–C) groups is 1. The number of carbonyl (C=O) groups is 2. The Labute approximate surface area is 161 Å². The van der Waals surface area contributed by atoms with Crippen LogP contribution in [-0.2, 0) is 9.53 Å². The number of ether oxygens (including phenoxy) is 1. The third kappa shape index (κ3) is 6.91. The lowest BCUT2D eigenvalue weighted by molar-refractivity contribution is -0.109. The highest BCUT2D eigenvalue weighted by molar-refractivity contribution is 8.14. The average Bonchev–Trinajstić information content (AvgIpc) is 3.25. The molecule has 0 radical (unpaired) electrons. The van der Waals surface area contributed by atoms with Crippen molar-refractivity contribution in [1.29, 1.82) is 0 Å². The van der Waals surface area contributed by atoms with Gasteiger partial charge < -0.3 is 14.8 Å². The lowest BCUT2D eigenvalue weighted by atomic mass is 10.2. The summed E-state index contributed by atoms with van der Waals surface area (Å²) in [6.07, 6.45) is 7.12. The molecule has 148 valence electrons. The van der Waals surface area contributed by atoms with Gasteiger partial charge in [0, 0.05) is 18.2 Å². The zero-order valence-electron chi connectivity index (χ0n) is 16.5. The maximum absolute atomic E-state index is 12.2. The minimum atomic E-state index is -0.561. The van der Waals surface area contributed by atoms with Crippen molar-refractivity contribution >= 4 is 29.2 Å². The second kappa shape index (κ2) is 9.74. The number of thioether (sulfide) groups is 1. The van der Waals surface area contributed by atoms with Crippen molar-refractivity contribution in [3.8, 4) is 0 Å². The predicted molar refractivity (Wildman–Crippen MR) is 107 cm³/mol. The first-order chi connectivity index (χ1) is 12.3. The summed E-state index contributed by atoms with van der Waals surface area (Å²) in [7, 11) is 0. The fourth-order valence-electron chi connectivity index (χ4n) is 3.10. The third-order valence-electron chi connectivity index (χ3n) is 4.36. The number of nitrogens with one attached hydrogen (secondary N) is 1. The molecule has 0 saturated heterocycles. The van der Waals surface area contributed by atoms with Gasteiger partial charge in [0.15, 0.2) is 0 Å². The first-order valence-electron chi connectivity index (χ1n) is 9.74. The third-order valence-corrected chi connectivity index (χ3v) is 5.47. The maximum atomic E-state index is 12.2. The van der Waals surface area contributed by atoms with Crippen molar-refractivity contribution in [2.24, 2.45) is 4.99 Å². The van der Waals surface area contributed by atoms with Crippen LogP contribution in [0, 0.1) is 0 Å². The summed E-state index contributed by atoms with van der Waals surface area (Å²) < 4.78 is 5.38. The molecule has 2 rings (SSSR count). The molecule has 7 heteroatoms.